The molecule has 0 aliphatic heterocycles. The minimum atomic E-state index is -0.254. The Morgan fingerprint density at radius 3 is 2.60 bits per heavy atom. The Balaban J connectivity index is 1.99. The van der Waals surface area contributed by atoms with Gasteiger partial charge in [0.1, 0.15) is 5.58 Å². The number of hydrogen-bond donors (Lipinski definition) is 0. The number of rotatable bonds is 4. The van der Waals surface area contributed by atoms with Gasteiger partial charge in [0.2, 0.25) is 0 Å². The van der Waals surface area contributed by atoms with E-state index in [1.54, 1.807) is 6.07 Å². The number of aryl methyl sites for hydroxylation is 2. The second kappa shape index (κ2) is 5.06. The van der Waals surface area contributed by atoms with E-state index >= 15 is 0 Å². The van der Waals surface area contributed by atoms with Crippen LogP contribution in [-0.2, 0) is 6.54 Å². The van der Waals surface area contributed by atoms with Crippen LogP contribution in [0.25, 0.3) is 11.0 Å². The van der Waals surface area contributed by atoms with Gasteiger partial charge in [0.05, 0.1) is 0 Å². The van der Waals surface area contributed by atoms with Crippen molar-refractivity contribution in [2.75, 3.05) is 13.6 Å². The van der Waals surface area contributed by atoms with E-state index in [-0.39, 0.29) is 5.63 Å². The van der Waals surface area contributed by atoms with Crippen molar-refractivity contribution in [3.05, 3.63) is 45.3 Å². The summed E-state index contributed by atoms with van der Waals surface area (Å²) >= 11 is 0. The van der Waals surface area contributed by atoms with E-state index in [0.29, 0.717) is 5.58 Å². The molecule has 1 aliphatic rings. The van der Waals surface area contributed by atoms with Crippen LogP contribution in [0.4, 0.5) is 0 Å². The minimum absolute atomic E-state index is 0.254. The monoisotopic (exact) mass is 271 g/mol. The molecule has 1 aromatic heterocycles. The summed E-state index contributed by atoms with van der Waals surface area (Å²) < 4.78 is 5.34. The van der Waals surface area contributed by atoms with E-state index in [0.717, 1.165) is 35.5 Å². The van der Waals surface area contributed by atoms with E-state index in [9.17, 15) is 4.79 Å². The molecule has 0 saturated heterocycles. The average Bonchev–Trinajstić information content (AvgIpc) is 3.15. The maximum atomic E-state index is 11.7. The quantitative estimate of drug-likeness (QED) is 0.800. The van der Waals surface area contributed by atoms with E-state index in [2.05, 4.69) is 24.9 Å². The third-order valence-electron chi connectivity index (χ3n) is 4.15. The summed E-state index contributed by atoms with van der Waals surface area (Å²) in [6.45, 7) is 6.06. The highest BCUT2D eigenvalue weighted by molar-refractivity contribution is 5.81. The lowest BCUT2D eigenvalue weighted by Gasteiger charge is -2.17. The molecule has 0 unspecified atom stereocenters. The van der Waals surface area contributed by atoms with Crippen LogP contribution >= 0.6 is 0 Å². The van der Waals surface area contributed by atoms with Gasteiger partial charge in [0, 0.05) is 24.5 Å². The summed E-state index contributed by atoms with van der Waals surface area (Å²) in [5.41, 5.74) is 3.91. The SMILES string of the molecule is Cc1cc2oc(=O)cc(CN(C)CC3CC3)c2cc1C. The van der Waals surface area contributed by atoms with E-state index in [4.69, 9.17) is 4.42 Å². The van der Waals surface area contributed by atoms with E-state index in [1.807, 2.05) is 13.0 Å². The highest BCUT2D eigenvalue weighted by atomic mass is 16.4. The molecule has 1 heterocycles. The molecule has 0 atom stereocenters. The Morgan fingerprint density at radius 2 is 1.90 bits per heavy atom. The molecule has 1 aromatic carbocycles. The maximum Gasteiger partial charge on any atom is 0.336 e. The minimum Gasteiger partial charge on any atom is -0.423 e. The molecule has 20 heavy (non-hydrogen) atoms. The van der Waals surface area contributed by atoms with Gasteiger partial charge in [-0.1, -0.05) is 0 Å². The molecular formula is C17H21NO2. The lowest BCUT2D eigenvalue weighted by molar-refractivity contribution is 0.313. The van der Waals surface area contributed by atoms with E-state index < -0.39 is 0 Å². The van der Waals surface area contributed by atoms with Gasteiger partial charge in [0.25, 0.3) is 0 Å². The molecule has 3 heteroatoms. The van der Waals surface area contributed by atoms with E-state index in [1.165, 1.54) is 18.4 Å². The van der Waals surface area contributed by atoms with Gasteiger partial charge in [-0.2, -0.15) is 0 Å². The van der Waals surface area contributed by atoms with Crippen LogP contribution in [0.2, 0.25) is 0 Å². The summed E-state index contributed by atoms with van der Waals surface area (Å²) in [7, 11) is 2.12. The number of fused-ring (bicyclic) bond motifs is 1. The van der Waals surface area contributed by atoms with Gasteiger partial charge >= 0.3 is 5.63 Å². The van der Waals surface area contributed by atoms with Crippen molar-refractivity contribution >= 4 is 11.0 Å². The van der Waals surface area contributed by atoms with Crippen molar-refractivity contribution in [1.82, 2.24) is 4.90 Å². The first-order valence-electron chi connectivity index (χ1n) is 7.25. The van der Waals surface area contributed by atoms with Crippen LogP contribution in [0, 0.1) is 19.8 Å². The zero-order chi connectivity index (χ0) is 14.3. The fourth-order valence-electron chi connectivity index (χ4n) is 2.71. The summed E-state index contributed by atoms with van der Waals surface area (Å²) in [6, 6.07) is 5.74. The first kappa shape index (κ1) is 13.4. The Kier molecular flexibility index (Phi) is 3.38. The normalized spacial score (nSPS) is 15.2. The van der Waals surface area contributed by atoms with Crippen molar-refractivity contribution in [3.63, 3.8) is 0 Å². The van der Waals surface area contributed by atoms with Crippen molar-refractivity contribution in [3.8, 4) is 0 Å². The molecule has 3 rings (SSSR count). The molecule has 0 bridgehead atoms. The van der Waals surface area contributed by atoms with Crippen LogP contribution in [0.1, 0.15) is 29.5 Å². The third-order valence-corrected chi connectivity index (χ3v) is 4.15. The predicted octanol–water partition coefficient (Wildman–Crippen LogP) is 3.25. The highest BCUT2D eigenvalue weighted by Gasteiger charge is 2.23. The maximum absolute atomic E-state index is 11.7. The Labute approximate surface area is 119 Å². The van der Waals surface area contributed by atoms with Crippen LogP contribution in [0.3, 0.4) is 0 Å². The Hall–Kier alpha value is -1.61. The van der Waals surface area contributed by atoms with Crippen molar-refractivity contribution < 1.29 is 4.42 Å². The fourth-order valence-corrected chi connectivity index (χ4v) is 2.71. The molecule has 1 saturated carbocycles. The predicted molar refractivity (Wildman–Crippen MR) is 81.0 cm³/mol. The van der Waals surface area contributed by atoms with Gasteiger partial charge in [-0.15, -0.1) is 0 Å². The largest absolute Gasteiger partial charge is 0.423 e. The number of hydrogen-bond acceptors (Lipinski definition) is 3. The van der Waals surface area contributed by atoms with Gasteiger partial charge in [-0.25, -0.2) is 4.79 Å². The fraction of sp³-hybridized carbons (Fsp3) is 0.471. The first-order valence-corrected chi connectivity index (χ1v) is 7.25. The van der Waals surface area contributed by atoms with Crippen molar-refractivity contribution in [2.45, 2.75) is 33.2 Å². The van der Waals surface area contributed by atoms with Gasteiger partial charge in [-0.3, -0.25) is 0 Å². The number of benzene rings is 1. The molecule has 1 fully saturated rings. The third kappa shape index (κ3) is 2.78. The molecule has 106 valence electrons. The van der Waals surface area contributed by atoms with Gasteiger partial charge in [-0.05, 0) is 68.5 Å². The highest BCUT2D eigenvalue weighted by Crippen LogP contribution is 2.30. The molecule has 0 radical (unpaired) electrons. The smallest absolute Gasteiger partial charge is 0.336 e. The summed E-state index contributed by atoms with van der Waals surface area (Å²) in [6.07, 6.45) is 2.70. The molecule has 0 spiro atoms. The molecule has 2 aromatic rings. The second-order valence-electron chi connectivity index (χ2n) is 6.16. The number of nitrogens with zero attached hydrogens (tertiary/aromatic N) is 1. The van der Waals surface area contributed by atoms with Crippen molar-refractivity contribution in [2.24, 2.45) is 5.92 Å². The summed E-state index contributed by atoms with van der Waals surface area (Å²) in [5.74, 6) is 0.857. The second-order valence-corrected chi connectivity index (χ2v) is 6.16. The topological polar surface area (TPSA) is 33.5 Å². The van der Waals surface area contributed by atoms with Crippen LogP contribution < -0.4 is 5.63 Å². The zero-order valence-electron chi connectivity index (χ0n) is 12.4. The molecule has 0 N–H and O–H groups in total. The van der Waals surface area contributed by atoms with Crippen LogP contribution in [0.15, 0.2) is 27.4 Å². The first-order chi connectivity index (χ1) is 9.52. The van der Waals surface area contributed by atoms with Crippen LogP contribution in [0.5, 0.6) is 0 Å². The molecular weight excluding hydrogens is 250 g/mol. The molecule has 1 aliphatic carbocycles. The standard InChI is InChI=1S/C17H21NO2/c1-11-6-15-14(10-18(3)9-13-4-5-13)8-17(19)20-16(15)7-12(11)2/h6-8,13H,4-5,9-10H2,1-3H3. The summed E-state index contributed by atoms with van der Waals surface area (Å²) in [4.78, 5) is 14.0. The molecule has 3 nitrogen and oxygen atoms in total. The van der Waals surface area contributed by atoms with Crippen molar-refractivity contribution in [1.29, 1.82) is 0 Å². The lowest BCUT2D eigenvalue weighted by Crippen LogP contribution is -2.21. The van der Waals surface area contributed by atoms with Crippen LogP contribution in [-0.4, -0.2) is 18.5 Å². The zero-order valence-corrected chi connectivity index (χ0v) is 12.4. The summed E-state index contributed by atoms with van der Waals surface area (Å²) in [5, 5.41) is 1.07. The van der Waals surface area contributed by atoms with Gasteiger partial charge < -0.3 is 9.32 Å². The van der Waals surface area contributed by atoms with Gasteiger partial charge in [0.15, 0.2) is 0 Å². The Bertz CT molecular complexity index is 698. The Morgan fingerprint density at radius 1 is 1.20 bits per heavy atom. The molecule has 0 amide bonds. The average molecular weight is 271 g/mol. The lowest BCUT2D eigenvalue weighted by atomic mass is 10.0.